The van der Waals surface area contributed by atoms with E-state index in [1.807, 2.05) is 0 Å². The second-order valence-electron chi connectivity index (χ2n) is 3.80. The second-order valence-corrected chi connectivity index (χ2v) is 3.80. The Kier molecular flexibility index (Phi) is 3.70. The molecule has 0 radical (unpaired) electrons. The third-order valence-corrected chi connectivity index (χ3v) is 2.20. The Labute approximate surface area is 97.2 Å². The number of hydrogen-bond donors (Lipinski definition) is 0. The zero-order valence-electron chi connectivity index (χ0n) is 9.72. The minimum absolute atomic E-state index is 0.174. The van der Waals surface area contributed by atoms with Gasteiger partial charge in [-0.1, -0.05) is 12.1 Å². The molecular formula is C12H12F3NO. The molecule has 17 heavy (non-hydrogen) atoms. The summed E-state index contributed by atoms with van der Waals surface area (Å²) in [6.45, 7) is 4.25. The molecule has 0 heterocycles. The first-order valence-electron chi connectivity index (χ1n) is 4.96. The van der Waals surface area contributed by atoms with Gasteiger partial charge < -0.3 is 0 Å². The molecule has 0 aliphatic heterocycles. The van der Waals surface area contributed by atoms with Gasteiger partial charge in [-0.3, -0.25) is 4.79 Å². The number of halogens is 3. The highest BCUT2D eigenvalue weighted by Crippen LogP contribution is 2.25. The highest BCUT2D eigenvalue weighted by molar-refractivity contribution is 6.41. The van der Waals surface area contributed by atoms with Crippen LogP contribution in [0.4, 0.5) is 18.9 Å². The molecule has 0 N–H and O–H groups in total. The average Bonchev–Trinajstić information content (AvgIpc) is 2.17. The molecule has 0 unspecified atom stereocenters. The Bertz CT molecular complexity index is 475. The number of aliphatic imine (C=N–C) groups is 1. The lowest BCUT2D eigenvalue weighted by molar-refractivity contribution is -0.115. The Morgan fingerprint density at radius 1 is 1.24 bits per heavy atom. The molecule has 92 valence electrons. The van der Waals surface area contributed by atoms with Crippen LogP contribution in [-0.4, -0.2) is 17.7 Å². The molecule has 1 aromatic carbocycles. The minimum atomic E-state index is -4.72. The van der Waals surface area contributed by atoms with Gasteiger partial charge in [0.25, 0.3) is 0 Å². The fourth-order valence-electron chi connectivity index (χ4n) is 1.30. The van der Waals surface area contributed by atoms with Gasteiger partial charge in [0, 0.05) is 6.92 Å². The first kappa shape index (κ1) is 13.4. The van der Waals surface area contributed by atoms with E-state index in [4.69, 9.17) is 0 Å². The molecule has 0 fully saturated rings. The molecule has 0 amide bonds. The number of alkyl halides is 3. The summed E-state index contributed by atoms with van der Waals surface area (Å²) >= 11 is 0. The summed E-state index contributed by atoms with van der Waals surface area (Å²) in [4.78, 5) is 14.4. The van der Waals surface area contributed by atoms with Crippen LogP contribution in [-0.2, 0) is 4.79 Å². The Hall–Kier alpha value is -1.65. The van der Waals surface area contributed by atoms with Gasteiger partial charge in [-0.2, -0.15) is 13.2 Å². The summed E-state index contributed by atoms with van der Waals surface area (Å²) in [6.07, 6.45) is -4.72. The number of carbonyl (C=O) groups excluding carboxylic acids is 1. The van der Waals surface area contributed by atoms with E-state index in [0.29, 0.717) is 5.56 Å². The number of Topliss-reactive ketones (excluding diaryl/α,β-unsaturated/α-hetero) is 1. The van der Waals surface area contributed by atoms with Gasteiger partial charge in [0.15, 0.2) is 11.5 Å². The van der Waals surface area contributed by atoms with Crippen molar-refractivity contribution >= 4 is 17.2 Å². The van der Waals surface area contributed by atoms with Crippen molar-refractivity contribution in [2.75, 3.05) is 0 Å². The molecule has 0 saturated heterocycles. The quantitative estimate of drug-likeness (QED) is 0.730. The Morgan fingerprint density at radius 3 is 2.29 bits per heavy atom. The maximum absolute atomic E-state index is 12.5. The number of benzene rings is 1. The Morgan fingerprint density at radius 2 is 1.82 bits per heavy atom. The summed E-state index contributed by atoms with van der Waals surface area (Å²) in [7, 11) is 0. The third kappa shape index (κ3) is 3.41. The maximum Gasteiger partial charge on any atom is 0.436 e. The molecule has 0 aliphatic rings. The lowest BCUT2D eigenvalue weighted by Crippen LogP contribution is -2.29. The maximum atomic E-state index is 12.5. The van der Waals surface area contributed by atoms with E-state index in [0.717, 1.165) is 12.5 Å². The van der Waals surface area contributed by atoms with Gasteiger partial charge in [-0.15, -0.1) is 0 Å². The molecule has 0 aliphatic carbocycles. The first-order valence-corrected chi connectivity index (χ1v) is 4.96. The van der Waals surface area contributed by atoms with E-state index in [1.54, 1.807) is 26.0 Å². The van der Waals surface area contributed by atoms with Crippen molar-refractivity contribution in [2.24, 2.45) is 4.99 Å². The van der Waals surface area contributed by atoms with Crippen LogP contribution >= 0.6 is 0 Å². The fraction of sp³-hybridized carbons (Fsp3) is 0.333. The molecule has 0 bridgehead atoms. The SMILES string of the molecule is CC(=O)/C(=N\c1cc(C)ccc1C)C(F)(F)F. The summed E-state index contributed by atoms with van der Waals surface area (Å²) in [5, 5.41) is 0. The van der Waals surface area contributed by atoms with Gasteiger partial charge in [0.2, 0.25) is 0 Å². The molecule has 0 saturated carbocycles. The van der Waals surface area contributed by atoms with Crippen LogP contribution < -0.4 is 0 Å². The van der Waals surface area contributed by atoms with E-state index in [-0.39, 0.29) is 5.69 Å². The standard InChI is InChI=1S/C12H12F3NO/c1-7-4-5-8(2)10(6-7)16-11(9(3)17)12(13,14)15/h4-6H,1-3H3/b16-11+. The molecule has 2 nitrogen and oxygen atoms in total. The van der Waals surface area contributed by atoms with Crippen LogP contribution in [0.2, 0.25) is 0 Å². The van der Waals surface area contributed by atoms with Crippen LogP contribution in [0.3, 0.4) is 0 Å². The second kappa shape index (κ2) is 4.69. The normalized spacial score (nSPS) is 12.7. The predicted molar refractivity (Wildman–Crippen MR) is 59.7 cm³/mol. The number of nitrogens with zero attached hydrogens (tertiary/aromatic N) is 1. The summed E-state index contributed by atoms with van der Waals surface area (Å²) in [5.41, 5.74) is 0.191. The third-order valence-electron chi connectivity index (χ3n) is 2.20. The molecule has 0 aromatic heterocycles. The van der Waals surface area contributed by atoms with Crippen molar-refractivity contribution in [3.63, 3.8) is 0 Å². The van der Waals surface area contributed by atoms with E-state index >= 15 is 0 Å². The van der Waals surface area contributed by atoms with Crippen molar-refractivity contribution in [3.8, 4) is 0 Å². The number of ketones is 1. The van der Waals surface area contributed by atoms with Gasteiger partial charge in [0.1, 0.15) is 0 Å². The number of carbonyl (C=O) groups is 1. The van der Waals surface area contributed by atoms with Crippen molar-refractivity contribution in [2.45, 2.75) is 26.9 Å². The average molecular weight is 243 g/mol. The Balaban J connectivity index is 3.32. The molecule has 5 heteroatoms. The van der Waals surface area contributed by atoms with Gasteiger partial charge >= 0.3 is 6.18 Å². The monoisotopic (exact) mass is 243 g/mol. The van der Waals surface area contributed by atoms with Crippen LogP contribution in [0.5, 0.6) is 0 Å². The fourth-order valence-corrected chi connectivity index (χ4v) is 1.30. The van der Waals surface area contributed by atoms with Gasteiger partial charge in [-0.05, 0) is 31.0 Å². The molecular weight excluding hydrogens is 231 g/mol. The lowest BCUT2D eigenvalue weighted by Gasteiger charge is -2.08. The number of aryl methyl sites for hydroxylation is 2. The summed E-state index contributed by atoms with van der Waals surface area (Å²) in [6, 6.07) is 4.96. The topological polar surface area (TPSA) is 29.4 Å². The van der Waals surface area contributed by atoms with Crippen LogP contribution in [0.1, 0.15) is 18.1 Å². The summed E-state index contributed by atoms with van der Waals surface area (Å²) in [5.74, 6) is -1.08. The van der Waals surface area contributed by atoms with Gasteiger partial charge in [-0.25, -0.2) is 4.99 Å². The lowest BCUT2D eigenvalue weighted by atomic mass is 10.1. The summed E-state index contributed by atoms with van der Waals surface area (Å²) < 4.78 is 37.6. The van der Waals surface area contributed by atoms with E-state index in [1.165, 1.54) is 6.07 Å². The zero-order valence-corrected chi connectivity index (χ0v) is 9.72. The van der Waals surface area contributed by atoms with Crippen molar-refractivity contribution in [1.82, 2.24) is 0 Å². The largest absolute Gasteiger partial charge is 0.436 e. The smallest absolute Gasteiger partial charge is 0.293 e. The highest BCUT2D eigenvalue weighted by Gasteiger charge is 2.38. The van der Waals surface area contributed by atoms with E-state index < -0.39 is 17.7 Å². The first-order chi connectivity index (χ1) is 7.71. The molecule has 0 atom stereocenters. The van der Waals surface area contributed by atoms with Crippen molar-refractivity contribution < 1.29 is 18.0 Å². The van der Waals surface area contributed by atoms with Crippen molar-refractivity contribution in [1.29, 1.82) is 0 Å². The molecule has 0 spiro atoms. The highest BCUT2D eigenvalue weighted by atomic mass is 19.4. The minimum Gasteiger partial charge on any atom is -0.293 e. The van der Waals surface area contributed by atoms with Crippen molar-refractivity contribution in [3.05, 3.63) is 29.3 Å². The van der Waals surface area contributed by atoms with Crippen LogP contribution in [0.15, 0.2) is 23.2 Å². The molecule has 1 rings (SSSR count). The van der Waals surface area contributed by atoms with Gasteiger partial charge in [0.05, 0.1) is 5.69 Å². The predicted octanol–water partition coefficient (Wildman–Crippen LogP) is 3.53. The van der Waals surface area contributed by atoms with E-state index in [2.05, 4.69) is 4.99 Å². The zero-order chi connectivity index (χ0) is 13.2. The van der Waals surface area contributed by atoms with Crippen LogP contribution in [0, 0.1) is 13.8 Å². The number of hydrogen-bond acceptors (Lipinski definition) is 2. The number of rotatable bonds is 2. The van der Waals surface area contributed by atoms with Crippen LogP contribution in [0.25, 0.3) is 0 Å². The van der Waals surface area contributed by atoms with E-state index in [9.17, 15) is 18.0 Å². The molecule has 1 aromatic rings.